The van der Waals surface area contributed by atoms with Crippen molar-refractivity contribution in [3.05, 3.63) is 83.0 Å². The van der Waals surface area contributed by atoms with Gasteiger partial charge in [0.1, 0.15) is 5.75 Å². The van der Waals surface area contributed by atoms with Crippen molar-refractivity contribution in [1.29, 1.82) is 0 Å². The first-order valence-corrected chi connectivity index (χ1v) is 13.3. The van der Waals surface area contributed by atoms with E-state index >= 15 is 0 Å². The van der Waals surface area contributed by atoms with E-state index in [9.17, 15) is 9.59 Å². The van der Waals surface area contributed by atoms with E-state index in [4.69, 9.17) is 18.9 Å². The van der Waals surface area contributed by atoms with Gasteiger partial charge in [0.05, 0.1) is 49.3 Å². The molecule has 3 aromatic rings. The summed E-state index contributed by atoms with van der Waals surface area (Å²) in [4.78, 5) is 32.0. The predicted octanol–water partition coefficient (Wildman–Crippen LogP) is 3.98. The number of hydrogen-bond acceptors (Lipinski definition) is 8. The molecule has 1 unspecified atom stereocenters. The quantitative estimate of drug-likeness (QED) is 0.371. The van der Waals surface area contributed by atoms with Gasteiger partial charge in [0.25, 0.3) is 5.56 Å². The molecule has 10 heteroatoms. The van der Waals surface area contributed by atoms with Gasteiger partial charge in [-0.25, -0.2) is 9.79 Å². The molecule has 1 atom stereocenters. The minimum atomic E-state index is -0.693. The third kappa shape index (κ3) is 5.21. The second-order valence-corrected chi connectivity index (χ2v) is 9.90. The molecule has 0 saturated carbocycles. The smallest absolute Gasteiger partial charge is 0.338 e. The Hall–Kier alpha value is -3.37. The summed E-state index contributed by atoms with van der Waals surface area (Å²) in [6.45, 7) is 6.07. The molecule has 0 spiro atoms. The first kappa shape index (κ1) is 26.7. The molecule has 2 heterocycles. The zero-order chi connectivity index (χ0) is 26.7. The van der Waals surface area contributed by atoms with Crippen molar-refractivity contribution in [3.63, 3.8) is 0 Å². The minimum absolute atomic E-state index is 0.211. The summed E-state index contributed by atoms with van der Waals surface area (Å²) in [5.41, 5.74) is 2.07. The predicted molar refractivity (Wildman–Crippen MR) is 145 cm³/mol. The largest absolute Gasteiger partial charge is 0.497 e. The summed E-state index contributed by atoms with van der Waals surface area (Å²) in [5, 5.41) is 0. The number of thiazole rings is 1. The maximum Gasteiger partial charge on any atom is 0.338 e. The number of hydrogen-bond donors (Lipinski definition) is 0. The highest BCUT2D eigenvalue weighted by Crippen LogP contribution is 2.34. The monoisotopic (exact) mass is 586 g/mol. The molecule has 0 amide bonds. The Morgan fingerprint density at radius 2 is 1.84 bits per heavy atom. The van der Waals surface area contributed by atoms with Crippen molar-refractivity contribution in [2.24, 2.45) is 4.99 Å². The van der Waals surface area contributed by atoms with E-state index in [1.165, 1.54) is 11.3 Å². The number of benzene rings is 2. The third-order valence-electron chi connectivity index (χ3n) is 5.82. The van der Waals surface area contributed by atoms with E-state index in [1.807, 2.05) is 25.1 Å². The molecular formula is C27H27BrN2O6S. The van der Waals surface area contributed by atoms with Gasteiger partial charge >= 0.3 is 5.97 Å². The Bertz CT molecular complexity index is 1540. The maximum atomic E-state index is 13.8. The molecule has 0 N–H and O–H groups in total. The number of aromatic nitrogens is 1. The second kappa shape index (κ2) is 11.4. The number of carbonyl (C=O) groups is 1. The highest BCUT2D eigenvalue weighted by Gasteiger charge is 2.33. The average Bonchev–Trinajstić information content (AvgIpc) is 3.19. The fraction of sp³-hybridized carbons (Fsp3) is 0.296. The third-order valence-corrected chi connectivity index (χ3v) is 7.49. The van der Waals surface area contributed by atoms with Crippen LogP contribution in [0, 0.1) is 0 Å². The van der Waals surface area contributed by atoms with Crippen molar-refractivity contribution in [2.75, 3.05) is 27.4 Å². The molecule has 37 heavy (non-hydrogen) atoms. The maximum absolute atomic E-state index is 13.8. The standard InChI is InChI=1S/C27H27BrN2O6S/c1-6-35-21-12-17(19(28)14-20(21)34-5)13-22-25(31)30-24(16-8-10-18(33-4)11-9-16)23(26(32)36-7-2)15(3)29-27(30)37-22/h8-14,24H,6-7H2,1-5H3/b22-13-. The van der Waals surface area contributed by atoms with Crippen LogP contribution < -0.4 is 29.1 Å². The Labute approximate surface area is 226 Å². The molecule has 194 valence electrons. The lowest BCUT2D eigenvalue weighted by molar-refractivity contribution is -0.139. The van der Waals surface area contributed by atoms with Gasteiger partial charge < -0.3 is 18.9 Å². The molecule has 0 aliphatic carbocycles. The summed E-state index contributed by atoms with van der Waals surface area (Å²) in [6, 6.07) is 10.2. The lowest BCUT2D eigenvalue weighted by atomic mass is 9.96. The highest BCUT2D eigenvalue weighted by molar-refractivity contribution is 9.10. The van der Waals surface area contributed by atoms with Crippen molar-refractivity contribution >= 4 is 39.3 Å². The van der Waals surface area contributed by atoms with Gasteiger partial charge in [-0.2, -0.15) is 0 Å². The Morgan fingerprint density at radius 1 is 1.11 bits per heavy atom. The van der Waals surface area contributed by atoms with E-state index in [2.05, 4.69) is 20.9 Å². The summed E-state index contributed by atoms with van der Waals surface area (Å²) in [5.74, 6) is 1.33. The molecule has 0 fully saturated rings. The number of fused-ring (bicyclic) bond motifs is 1. The van der Waals surface area contributed by atoms with Crippen LogP contribution >= 0.6 is 27.3 Å². The van der Waals surface area contributed by atoms with Crippen LogP contribution in [0.25, 0.3) is 6.08 Å². The first-order chi connectivity index (χ1) is 17.8. The molecular weight excluding hydrogens is 560 g/mol. The Kier molecular flexibility index (Phi) is 8.19. The fourth-order valence-electron chi connectivity index (χ4n) is 4.12. The molecule has 2 aromatic carbocycles. The summed E-state index contributed by atoms with van der Waals surface area (Å²) in [6.07, 6.45) is 1.78. The van der Waals surface area contributed by atoms with E-state index in [1.54, 1.807) is 56.9 Å². The fourth-order valence-corrected chi connectivity index (χ4v) is 5.60. The lowest BCUT2D eigenvalue weighted by Gasteiger charge is -2.24. The Balaban J connectivity index is 1.93. The number of carbonyl (C=O) groups excluding carboxylic acids is 1. The van der Waals surface area contributed by atoms with Crippen LogP contribution in [0.1, 0.15) is 37.9 Å². The molecule has 0 radical (unpaired) electrons. The summed E-state index contributed by atoms with van der Waals surface area (Å²) in [7, 11) is 3.16. The molecule has 1 aromatic heterocycles. The number of nitrogens with zero attached hydrogens (tertiary/aromatic N) is 2. The minimum Gasteiger partial charge on any atom is -0.497 e. The van der Waals surface area contributed by atoms with Gasteiger partial charge in [-0.15, -0.1) is 0 Å². The summed E-state index contributed by atoms with van der Waals surface area (Å²) >= 11 is 4.82. The Morgan fingerprint density at radius 3 is 2.46 bits per heavy atom. The lowest BCUT2D eigenvalue weighted by Crippen LogP contribution is -2.39. The first-order valence-electron chi connectivity index (χ1n) is 11.7. The van der Waals surface area contributed by atoms with Crippen LogP contribution in [0.2, 0.25) is 0 Å². The number of rotatable bonds is 8. The molecule has 8 nitrogen and oxygen atoms in total. The van der Waals surface area contributed by atoms with Gasteiger partial charge in [-0.05, 0) is 62.2 Å². The van der Waals surface area contributed by atoms with Crippen molar-refractivity contribution in [1.82, 2.24) is 4.57 Å². The normalized spacial score (nSPS) is 15.2. The van der Waals surface area contributed by atoms with Gasteiger partial charge in [-0.3, -0.25) is 9.36 Å². The van der Waals surface area contributed by atoms with Crippen LogP contribution in [-0.4, -0.2) is 38.0 Å². The van der Waals surface area contributed by atoms with E-state index in [-0.39, 0.29) is 12.2 Å². The average molecular weight is 587 g/mol. The zero-order valence-electron chi connectivity index (χ0n) is 21.2. The van der Waals surface area contributed by atoms with Gasteiger partial charge in [-0.1, -0.05) is 39.4 Å². The molecule has 0 saturated heterocycles. The molecule has 1 aliphatic rings. The zero-order valence-corrected chi connectivity index (χ0v) is 23.6. The van der Waals surface area contributed by atoms with E-state index in [0.29, 0.717) is 44.5 Å². The number of ether oxygens (including phenoxy) is 4. The van der Waals surface area contributed by atoms with Crippen LogP contribution in [0.3, 0.4) is 0 Å². The molecule has 4 rings (SSSR count). The van der Waals surface area contributed by atoms with Gasteiger partial charge in [0.2, 0.25) is 0 Å². The SMILES string of the molecule is CCOC(=O)C1=C(C)N=c2s/c(=C\c3cc(OCC)c(OC)cc3Br)c(=O)n2C1c1ccc(OC)cc1. The van der Waals surface area contributed by atoms with Crippen LogP contribution in [0.5, 0.6) is 17.2 Å². The number of allylic oxidation sites excluding steroid dienone is 1. The number of halogens is 1. The van der Waals surface area contributed by atoms with E-state index in [0.717, 1.165) is 15.6 Å². The van der Waals surface area contributed by atoms with Crippen LogP contribution in [0.15, 0.2) is 61.9 Å². The number of esters is 1. The molecule has 1 aliphatic heterocycles. The van der Waals surface area contributed by atoms with E-state index < -0.39 is 12.0 Å². The number of methoxy groups -OCH3 is 2. The van der Waals surface area contributed by atoms with Gasteiger partial charge in [0.15, 0.2) is 16.3 Å². The van der Waals surface area contributed by atoms with Crippen LogP contribution in [-0.2, 0) is 9.53 Å². The van der Waals surface area contributed by atoms with Crippen LogP contribution in [0.4, 0.5) is 0 Å². The molecule has 0 bridgehead atoms. The van der Waals surface area contributed by atoms with Gasteiger partial charge in [0, 0.05) is 4.47 Å². The second-order valence-electron chi connectivity index (χ2n) is 8.03. The van der Waals surface area contributed by atoms with Crippen molar-refractivity contribution in [3.8, 4) is 17.2 Å². The topological polar surface area (TPSA) is 88.4 Å². The summed E-state index contributed by atoms with van der Waals surface area (Å²) < 4.78 is 24.5. The van der Waals surface area contributed by atoms with Crippen molar-refractivity contribution < 1.29 is 23.7 Å². The highest BCUT2D eigenvalue weighted by atomic mass is 79.9. The van der Waals surface area contributed by atoms with Crippen molar-refractivity contribution in [2.45, 2.75) is 26.8 Å².